The van der Waals surface area contributed by atoms with Crippen LogP contribution in [0.25, 0.3) is 0 Å². The number of aryl methyl sites for hydroxylation is 2. The number of amides is 2. The predicted octanol–water partition coefficient (Wildman–Crippen LogP) is 5.37. The smallest absolute Gasteiger partial charge is 0.311 e. The van der Waals surface area contributed by atoms with Crippen molar-refractivity contribution in [3.63, 3.8) is 0 Å². The number of ether oxygens (including phenoxy) is 1. The lowest BCUT2D eigenvalue weighted by molar-refractivity contribution is -0.155. The van der Waals surface area contributed by atoms with E-state index in [1.165, 1.54) is 0 Å². The molecule has 3 heterocycles. The Labute approximate surface area is 249 Å². The van der Waals surface area contributed by atoms with Gasteiger partial charge in [0.05, 0.1) is 23.2 Å². The summed E-state index contributed by atoms with van der Waals surface area (Å²) in [5, 5.41) is 9.20. The molecule has 1 N–H and O–H groups in total. The highest BCUT2D eigenvalue weighted by Crippen LogP contribution is 2.71. The normalized spacial score (nSPS) is 28.0. The van der Waals surface area contributed by atoms with Crippen LogP contribution < -0.4 is 4.90 Å². The number of nitrogens with zero attached hydrogens (tertiary/aromatic N) is 2. The minimum atomic E-state index is -0.685. The molecule has 3 aliphatic heterocycles. The van der Waals surface area contributed by atoms with Crippen molar-refractivity contribution in [2.45, 2.75) is 87.7 Å². The molecule has 2 amide bonds. The highest BCUT2D eigenvalue weighted by Gasteiger charge is 2.77. The molecule has 8 heteroatoms. The van der Waals surface area contributed by atoms with Gasteiger partial charge in [0.15, 0.2) is 0 Å². The summed E-state index contributed by atoms with van der Waals surface area (Å²) < 4.78 is 4.60. The summed E-state index contributed by atoms with van der Waals surface area (Å²) >= 11 is 1.68. The number of unbranched alkanes of at least 4 members (excludes halogenated alkanes) is 4. The van der Waals surface area contributed by atoms with Crippen LogP contribution in [0.2, 0.25) is 0 Å². The Morgan fingerprint density at radius 1 is 1.15 bits per heavy atom. The first-order valence-electron chi connectivity index (χ1n) is 15.0. The van der Waals surface area contributed by atoms with Crippen LogP contribution in [0, 0.1) is 25.7 Å². The Morgan fingerprint density at radius 3 is 2.61 bits per heavy atom. The number of rotatable bonds is 15. The van der Waals surface area contributed by atoms with Crippen LogP contribution in [0.4, 0.5) is 5.69 Å². The predicted molar refractivity (Wildman–Crippen MR) is 165 cm³/mol. The van der Waals surface area contributed by atoms with E-state index in [0.29, 0.717) is 32.5 Å². The molecule has 0 radical (unpaired) electrons. The van der Waals surface area contributed by atoms with Crippen LogP contribution in [0.1, 0.15) is 69.4 Å². The highest BCUT2D eigenvalue weighted by atomic mass is 32.2. The Balaban J connectivity index is 1.71. The van der Waals surface area contributed by atoms with Crippen molar-refractivity contribution in [2.75, 3.05) is 31.2 Å². The first-order chi connectivity index (χ1) is 19.6. The molecule has 1 aromatic carbocycles. The van der Waals surface area contributed by atoms with E-state index in [9.17, 15) is 19.5 Å². The molecule has 0 aromatic heterocycles. The lowest BCUT2D eigenvalue weighted by Crippen LogP contribution is -2.55. The lowest BCUT2D eigenvalue weighted by atomic mass is 9.66. The van der Waals surface area contributed by atoms with E-state index in [4.69, 9.17) is 4.74 Å². The number of likely N-dealkylation sites (tertiary alicyclic amines) is 1. The van der Waals surface area contributed by atoms with Crippen molar-refractivity contribution >= 4 is 35.2 Å². The summed E-state index contributed by atoms with van der Waals surface area (Å²) in [6, 6.07) is 5.39. The molecule has 3 fully saturated rings. The number of fused-ring (bicyclic) bond motifs is 1. The summed E-state index contributed by atoms with van der Waals surface area (Å²) in [5.74, 6) is -1.71. The number of allylic oxidation sites excluding steroid dienone is 1. The Kier molecular flexibility index (Phi) is 10.1. The summed E-state index contributed by atoms with van der Waals surface area (Å²) in [4.78, 5) is 46.2. The average molecular weight is 583 g/mol. The number of hydrogen-bond acceptors (Lipinski definition) is 6. The van der Waals surface area contributed by atoms with Gasteiger partial charge >= 0.3 is 5.97 Å². The zero-order valence-corrected chi connectivity index (χ0v) is 25.7. The van der Waals surface area contributed by atoms with Crippen molar-refractivity contribution in [3.05, 3.63) is 54.6 Å². The van der Waals surface area contributed by atoms with Gasteiger partial charge in [0.2, 0.25) is 5.91 Å². The number of aliphatic hydroxyl groups excluding tert-OH is 1. The fourth-order valence-electron chi connectivity index (χ4n) is 7.13. The van der Waals surface area contributed by atoms with E-state index in [1.807, 2.05) is 32.0 Å². The molecule has 0 saturated carbocycles. The topological polar surface area (TPSA) is 87.1 Å². The molecule has 1 spiro atoms. The van der Waals surface area contributed by atoms with Crippen LogP contribution in [0.3, 0.4) is 0 Å². The van der Waals surface area contributed by atoms with E-state index in [1.54, 1.807) is 33.7 Å². The van der Waals surface area contributed by atoms with Gasteiger partial charge in [0, 0.05) is 30.1 Å². The third-order valence-electron chi connectivity index (χ3n) is 9.10. The van der Waals surface area contributed by atoms with Gasteiger partial charge in [0.25, 0.3) is 5.91 Å². The summed E-state index contributed by atoms with van der Waals surface area (Å²) in [6.07, 6.45) is 9.63. The fourth-order valence-corrected chi connectivity index (χ4v) is 9.47. The molecule has 5 atom stereocenters. The number of benzene rings is 1. The number of carbonyl (C=O) groups is 3. The van der Waals surface area contributed by atoms with Gasteiger partial charge in [-0.15, -0.1) is 24.9 Å². The number of hydrogen-bond donors (Lipinski definition) is 1. The van der Waals surface area contributed by atoms with Gasteiger partial charge in [-0.05, 0) is 76.5 Å². The minimum Gasteiger partial charge on any atom is -0.465 e. The van der Waals surface area contributed by atoms with E-state index < -0.39 is 27.4 Å². The molecule has 224 valence electrons. The van der Waals surface area contributed by atoms with Gasteiger partial charge in [-0.1, -0.05) is 37.1 Å². The van der Waals surface area contributed by atoms with Crippen LogP contribution in [0.15, 0.2) is 43.5 Å². The minimum absolute atomic E-state index is 0.103. The van der Waals surface area contributed by atoms with E-state index in [0.717, 1.165) is 55.3 Å². The molecular formula is C33H46N2O5S. The van der Waals surface area contributed by atoms with Gasteiger partial charge in [-0.25, -0.2) is 0 Å². The third-order valence-corrected chi connectivity index (χ3v) is 11.1. The van der Waals surface area contributed by atoms with Crippen molar-refractivity contribution in [1.29, 1.82) is 0 Å². The van der Waals surface area contributed by atoms with Gasteiger partial charge in [0.1, 0.15) is 6.04 Å². The van der Waals surface area contributed by atoms with Crippen LogP contribution in [0.5, 0.6) is 0 Å². The van der Waals surface area contributed by atoms with E-state index in [2.05, 4.69) is 20.1 Å². The molecule has 7 nitrogen and oxygen atoms in total. The van der Waals surface area contributed by atoms with Crippen molar-refractivity contribution in [2.24, 2.45) is 11.8 Å². The quantitative estimate of drug-likeness (QED) is 0.170. The monoisotopic (exact) mass is 582 g/mol. The molecule has 1 aromatic rings. The summed E-state index contributed by atoms with van der Waals surface area (Å²) in [7, 11) is 0. The molecule has 41 heavy (non-hydrogen) atoms. The van der Waals surface area contributed by atoms with Crippen LogP contribution >= 0.6 is 11.8 Å². The first kappa shape index (κ1) is 31.4. The molecule has 2 unspecified atom stereocenters. The summed E-state index contributed by atoms with van der Waals surface area (Å²) in [6.45, 7) is 15.0. The van der Waals surface area contributed by atoms with Crippen molar-refractivity contribution < 1.29 is 24.2 Å². The molecule has 3 saturated heterocycles. The maximum absolute atomic E-state index is 14.8. The maximum Gasteiger partial charge on any atom is 0.311 e. The molecular weight excluding hydrogens is 536 g/mol. The van der Waals surface area contributed by atoms with Crippen LogP contribution in [-0.4, -0.2) is 69.6 Å². The highest BCUT2D eigenvalue weighted by molar-refractivity contribution is 8.02. The first-order valence-corrected chi connectivity index (χ1v) is 15.9. The van der Waals surface area contributed by atoms with E-state index >= 15 is 0 Å². The van der Waals surface area contributed by atoms with Crippen molar-refractivity contribution in [3.8, 4) is 0 Å². The van der Waals surface area contributed by atoms with E-state index in [-0.39, 0.29) is 24.4 Å². The number of thioether (sulfide) groups is 1. The second-order valence-electron chi connectivity index (χ2n) is 12.0. The lowest BCUT2D eigenvalue weighted by Gasteiger charge is -2.37. The standard InChI is InChI=1S/C33H46N2O5S/c1-6-8-13-21-40-31(39)27-26-29(37)35(19-11-9-10-12-20-36)28(33(26)17-16-32(27,5)41-33)30(38)34(18-7-2)25-22-23(3)14-15-24(25)4/h6-7,14-15,22,26-28,36H,1-2,8-13,16-21H2,3-5H3/t26-,27+,28?,32-,33?/m0/s1. The zero-order valence-electron chi connectivity index (χ0n) is 24.9. The third kappa shape index (κ3) is 5.87. The fraction of sp³-hybridized carbons (Fsp3) is 0.606. The number of anilines is 1. The molecule has 3 aliphatic rings. The molecule has 0 aliphatic carbocycles. The average Bonchev–Trinajstić information content (AvgIpc) is 3.51. The number of aliphatic hydroxyl groups is 1. The van der Waals surface area contributed by atoms with Gasteiger partial charge in [-0.3, -0.25) is 14.4 Å². The number of esters is 1. The van der Waals surface area contributed by atoms with Crippen LogP contribution in [-0.2, 0) is 19.1 Å². The SMILES string of the molecule is C=CCCCOC(=O)[C@H]1[C@H]2C(=O)N(CCCCCCO)C(C(=O)N(CC=C)c3cc(C)ccc3C)C23CC[C@]1(C)S3. The maximum atomic E-state index is 14.8. The zero-order chi connectivity index (χ0) is 29.8. The van der Waals surface area contributed by atoms with Crippen molar-refractivity contribution in [1.82, 2.24) is 4.90 Å². The summed E-state index contributed by atoms with van der Waals surface area (Å²) in [5.41, 5.74) is 2.86. The molecule has 2 bridgehead atoms. The Hall–Kier alpha value is -2.58. The van der Waals surface area contributed by atoms with Gasteiger partial charge in [-0.2, -0.15) is 0 Å². The van der Waals surface area contributed by atoms with Gasteiger partial charge < -0.3 is 19.6 Å². The Bertz CT molecular complexity index is 1170. The molecule has 4 rings (SSSR count). The Morgan fingerprint density at radius 2 is 1.90 bits per heavy atom. The second-order valence-corrected chi connectivity index (χ2v) is 13.9. The largest absolute Gasteiger partial charge is 0.465 e. The number of carbonyl (C=O) groups excluding carboxylic acids is 3. The second kappa shape index (κ2) is 13.2.